The average Bonchev–Trinajstić information content (AvgIpc) is 2.00. The topological polar surface area (TPSA) is 49.8 Å². The summed E-state index contributed by atoms with van der Waals surface area (Å²) in [6.45, 7) is 0. The first-order valence-electron chi connectivity index (χ1n) is 3.48. The molecule has 8 heteroatoms. The molecule has 0 aliphatic rings. The largest absolute Gasteiger partial charge is 0.398 e. The van der Waals surface area contributed by atoms with E-state index in [-0.39, 0.29) is 17.7 Å². The highest BCUT2D eigenvalue weighted by Gasteiger charge is 2.65. The van der Waals surface area contributed by atoms with E-state index in [0.29, 0.717) is 6.07 Å². The van der Waals surface area contributed by atoms with Gasteiger partial charge in [0.2, 0.25) is 0 Å². The summed E-state index contributed by atoms with van der Waals surface area (Å²) in [7, 11) is -9.69. The molecular formula is C7H5F5N2S. The minimum atomic E-state index is -9.69. The van der Waals surface area contributed by atoms with E-state index in [1.54, 1.807) is 0 Å². The highest BCUT2D eigenvalue weighted by Crippen LogP contribution is 3.02. The predicted molar refractivity (Wildman–Crippen MR) is 47.0 cm³/mol. The van der Waals surface area contributed by atoms with E-state index >= 15 is 0 Å². The van der Waals surface area contributed by atoms with Crippen molar-refractivity contribution < 1.29 is 19.4 Å². The number of halogens is 5. The molecule has 84 valence electrons. The van der Waals surface area contributed by atoms with Crippen molar-refractivity contribution in [2.24, 2.45) is 0 Å². The number of anilines is 1. The number of nitrogens with two attached hydrogens (primary N) is 1. The Morgan fingerprint density at radius 3 is 2.00 bits per heavy atom. The monoisotopic (exact) mass is 244 g/mol. The molecule has 2 N–H and O–H groups in total. The molecule has 1 aromatic carbocycles. The molecule has 0 heterocycles. The first kappa shape index (κ1) is 11.6. The Bertz CT molecular complexity index is 458. The van der Waals surface area contributed by atoms with Crippen molar-refractivity contribution in [2.45, 2.75) is 4.90 Å². The summed E-state index contributed by atoms with van der Waals surface area (Å²) in [6, 6.07) is 2.31. The molecule has 0 radical (unpaired) electrons. The summed E-state index contributed by atoms with van der Waals surface area (Å²) in [6.07, 6.45) is 0. The number of hydrogen-bond acceptors (Lipinski definition) is 2. The smallest absolute Gasteiger partial charge is 0.310 e. The van der Waals surface area contributed by atoms with Crippen LogP contribution in [-0.2, 0) is 0 Å². The Kier molecular flexibility index (Phi) is 1.82. The molecule has 1 rings (SSSR count). The SMILES string of the molecule is N#Cc1ccc(S(F)(F)(F)(F)F)cc1N. The molecule has 0 amide bonds. The van der Waals surface area contributed by atoms with Crippen LogP contribution >= 0.6 is 10.2 Å². The van der Waals surface area contributed by atoms with Gasteiger partial charge in [-0.1, -0.05) is 19.4 Å². The van der Waals surface area contributed by atoms with Gasteiger partial charge in [-0.3, -0.25) is 0 Å². The highest BCUT2D eigenvalue weighted by molar-refractivity contribution is 8.45. The third-order valence-electron chi connectivity index (χ3n) is 1.59. The molecule has 0 saturated heterocycles. The lowest BCUT2D eigenvalue weighted by Gasteiger charge is -2.40. The van der Waals surface area contributed by atoms with E-state index in [0.717, 1.165) is 0 Å². The van der Waals surface area contributed by atoms with Gasteiger partial charge in [0.05, 0.1) is 11.3 Å². The van der Waals surface area contributed by atoms with Crippen molar-refractivity contribution in [3.8, 4) is 6.07 Å². The summed E-state index contributed by atoms with van der Waals surface area (Å²) in [5, 5.41) is 8.35. The summed E-state index contributed by atoms with van der Waals surface area (Å²) >= 11 is 0. The molecule has 0 spiro atoms. The van der Waals surface area contributed by atoms with Gasteiger partial charge in [-0.2, -0.15) is 5.26 Å². The zero-order valence-corrected chi connectivity index (χ0v) is 7.87. The van der Waals surface area contributed by atoms with Crippen LogP contribution in [0.15, 0.2) is 23.1 Å². The maximum atomic E-state index is 12.2. The third-order valence-corrected chi connectivity index (χ3v) is 2.73. The molecule has 0 saturated carbocycles. The Hall–Kier alpha value is -1.49. The minimum Gasteiger partial charge on any atom is -0.398 e. The van der Waals surface area contributed by atoms with E-state index in [1.165, 1.54) is 6.07 Å². The zero-order chi connectivity index (χ0) is 12.0. The molecule has 2 nitrogen and oxygen atoms in total. The number of rotatable bonds is 1. The molecular weight excluding hydrogens is 239 g/mol. The lowest BCUT2D eigenvalue weighted by Crippen LogP contribution is -2.07. The first-order chi connectivity index (χ1) is 6.44. The lowest BCUT2D eigenvalue weighted by atomic mass is 10.2. The minimum absolute atomic E-state index is 0.0696. The van der Waals surface area contributed by atoms with Gasteiger partial charge in [-0.25, -0.2) is 0 Å². The van der Waals surface area contributed by atoms with Gasteiger partial charge < -0.3 is 5.73 Å². The van der Waals surface area contributed by atoms with Gasteiger partial charge in [0.1, 0.15) is 11.0 Å². The average molecular weight is 244 g/mol. The van der Waals surface area contributed by atoms with Crippen molar-refractivity contribution in [2.75, 3.05) is 5.73 Å². The Morgan fingerprint density at radius 1 is 1.13 bits per heavy atom. The molecule has 0 aliphatic heterocycles. The van der Waals surface area contributed by atoms with Crippen molar-refractivity contribution in [1.29, 1.82) is 5.26 Å². The van der Waals surface area contributed by atoms with Crippen LogP contribution in [0.4, 0.5) is 25.1 Å². The second-order valence-corrected chi connectivity index (χ2v) is 5.24. The molecule has 0 aliphatic carbocycles. The van der Waals surface area contributed by atoms with Gasteiger partial charge >= 0.3 is 10.2 Å². The number of nitrogen functional groups attached to an aromatic ring is 1. The van der Waals surface area contributed by atoms with Gasteiger partial charge in [0, 0.05) is 0 Å². The van der Waals surface area contributed by atoms with Crippen LogP contribution in [0, 0.1) is 11.3 Å². The fraction of sp³-hybridized carbons (Fsp3) is 0. The van der Waals surface area contributed by atoms with E-state index in [1.807, 2.05) is 0 Å². The molecule has 0 bridgehead atoms. The Balaban J connectivity index is 3.47. The molecule has 15 heavy (non-hydrogen) atoms. The molecule has 0 atom stereocenters. The Labute approximate surface area is 81.8 Å². The molecule has 0 aromatic heterocycles. The molecule has 0 fully saturated rings. The van der Waals surface area contributed by atoms with Crippen molar-refractivity contribution in [3.63, 3.8) is 0 Å². The maximum Gasteiger partial charge on any atom is 0.310 e. The number of benzene rings is 1. The van der Waals surface area contributed by atoms with Gasteiger partial charge in [0.25, 0.3) is 0 Å². The summed E-state index contributed by atoms with van der Waals surface area (Å²) in [4.78, 5) is -2.09. The highest BCUT2D eigenvalue weighted by atomic mass is 32.5. The van der Waals surface area contributed by atoms with Crippen LogP contribution in [0.2, 0.25) is 0 Å². The van der Waals surface area contributed by atoms with E-state index in [4.69, 9.17) is 11.0 Å². The normalized spacial score (nSPS) is 16.3. The van der Waals surface area contributed by atoms with Crippen molar-refractivity contribution in [3.05, 3.63) is 23.8 Å². The first-order valence-corrected chi connectivity index (χ1v) is 5.43. The number of nitrogens with zero attached hydrogens (tertiary/aromatic N) is 1. The lowest BCUT2D eigenvalue weighted by molar-refractivity contribution is 0.364. The molecule has 1 aromatic rings. The second-order valence-electron chi connectivity index (χ2n) is 2.83. The van der Waals surface area contributed by atoms with Crippen LogP contribution < -0.4 is 5.73 Å². The van der Waals surface area contributed by atoms with Gasteiger partial charge in [0.15, 0.2) is 0 Å². The predicted octanol–water partition coefficient (Wildman–Crippen LogP) is 3.80. The van der Waals surface area contributed by atoms with Crippen molar-refractivity contribution >= 4 is 15.9 Å². The zero-order valence-electron chi connectivity index (χ0n) is 7.05. The van der Waals surface area contributed by atoms with Gasteiger partial charge in [-0.15, -0.1) is 0 Å². The quantitative estimate of drug-likeness (QED) is 0.603. The summed E-state index contributed by atoms with van der Waals surface area (Å²) < 4.78 is 61.1. The number of nitriles is 1. The fourth-order valence-electron chi connectivity index (χ4n) is 0.883. The molecule has 0 unspecified atom stereocenters. The summed E-state index contributed by atoms with van der Waals surface area (Å²) in [5.41, 5.74) is 4.11. The maximum absolute atomic E-state index is 12.2. The van der Waals surface area contributed by atoms with Crippen LogP contribution in [0.5, 0.6) is 0 Å². The standard InChI is InChI=1S/C7H5F5N2S/c8-15(9,10,11,12)6-2-1-5(4-13)7(14)3-6/h1-3H,14H2. The summed E-state index contributed by atoms with van der Waals surface area (Å²) in [5.74, 6) is 0. The van der Waals surface area contributed by atoms with E-state index in [2.05, 4.69) is 0 Å². The fourth-order valence-corrected chi connectivity index (χ4v) is 1.56. The van der Waals surface area contributed by atoms with Crippen LogP contribution in [0.3, 0.4) is 0 Å². The Morgan fingerprint density at radius 2 is 1.67 bits per heavy atom. The third kappa shape index (κ3) is 2.50. The van der Waals surface area contributed by atoms with Crippen LogP contribution in [-0.4, -0.2) is 0 Å². The van der Waals surface area contributed by atoms with Crippen molar-refractivity contribution in [1.82, 2.24) is 0 Å². The van der Waals surface area contributed by atoms with Gasteiger partial charge in [-0.05, 0) is 18.2 Å². The van der Waals surface area contributed by atoms with Crippen LogP contribution in [0.1, 0.15) is 5.56 Å². The van der Waals surface area contributed by atoms with Crippen LogP contribution in [0.25, 0.3) is 0 Å². The second kappa shape index (κ2) is 2.36. The number of hydrogen-bond donors (Lipinski definition) is 1. The van der Waals surface area contributed by atoms with E-state index in [9.17, 15) is 19.4 Å². The van der Waals surface area contributed by atoms with E-state index < -0.39 is 20.8 Å².